The second-order valence-electron chi connectivity index (χ2n) is 9.40. The third kappa shape index (κ3) is 7.93. The summed E-state index contributed by atoms with van der Waals surface area (Å²) >= 11 is 0. The number of amidine groups is 1. The van der Waals surface area contributed by atoms with Gasteiger partial charge in [0.25, 0.3) is 0 Å². The number of piperidine rings is 1. The molecule has 0 saturated carbocycles. The van der Waals surface area contributed by atoms with Crippen LogP contribution in [0.5, 0.6) is 5.75 Å². The van der Waals surface area contributed by atoms with E-state index in [4.69, 9.17) is 25.6 Å². The van der Waals surface area contributed by atoms with E-state index in [1.54, 1.807) is 28.1 Å². The molecular weight excluding hydrogens is 440 g/mol. The van der Waals surface area contributed by atoms with Gasteiger partial charge >= 0.3 is 0 Å². The van der Waals surface area contributed by atoms with Gasteiger partial charge in [0.15, 0.2) is 0 Å². The van der Waals surface area contributed by atoms with Crippen LogP contribution in [-0.4, -0.2) is 67.1 Å². The summed E-state index contributed by atoms with van der Waals surface area (Å²) in [5.74, 6) is 7.04. The van der Waals surface area contributed by atoms with Gasteiger partial charge in [0, 0.05) is 37.9 Å². The number of nitrogens with zero attached hydrogens (tertiary/aromatic N) is 2. The summed E-state index contributed by atoms with van der Waals surface area (Å²) in [6, 6.07) is 14.0. The lowest BCUT2D eigenvalue weighted by Crippen LogP contribution is -2.44. The van der Waals surface area contributed by atoms with Gasteiger partial charge in [-0.3, -0.25) is 15.3 Å². The summed E-state index contributed by atoms with van der Waals surface area (Å²) in [6.07, 6.45) is 1.87. The zero-order chi connectivity index (χ0) is 25.4. The monoisotopic (exact) mass is 477 g/mol. The molecule has 1 aliphatic rings. The standard InChI is InChI=1S/C28H36N4O3/c1-28(2,33)14-11-20-5-7-21(8-6-20)18-32-15-12-22(13-16-32)31-27(30)25-17-23(35-4)9-10-24(25)26(29)19-34-3/h5-10,17,22,29,33H,12-13,15-16,18-19H2,1-4H3,(H2,30,31)/p+1. The first-order valence-electron chi connectivity index (χ1n) is 11.9. The molecule has 0 unspecified atom stereocenters. The van der Waals surface area contributed by atoms with Crippen LogP contribution in [0, 0.1) is 11.8 Å². The Balaban J connectivity index is 1.61. The van der Waals surface area contributed by atoms with E-state index in [9.17, 15) is 5.11 Å². The number of ether oxygens (including phenoxy) is 2. The summed E-state index contributed by atoms with van der Waals surface area (Å²) in [5, 5.41) is 16.0. The van der Waals surface area contributed by atoms with Gasteiger partial charge in [-0.2, -0.15) is 0 Å². The first-order valence-corrected chi connectivity index (χ1v) is 11.9. The lowest BCUT2D eigenvalue weighted by atomic mass is 10.0. The van der Waals surface area contributed by atoms with E-state index >= 15 is 0 Å². The molecule has 7 heteroatoms. The van der Waals surface area contributed by atoms with E-state index in [-0.39, 0.29) is 6.04 Å². The third-order valence-corrected chi connectivity index (χ3v) is 5.90. The number of nitrogens with two attached hydrogens (primary N) is 2. The lowest BCUT2D eigenvalue weighted by Gasteiger charge is -2.30. The van der Waals surface area contributed by atoms with E-state index in [1.807, 2.05) is 30.3 Å². The minimum absolute atomic E-state index is 0.161. The van der Waals surface area contributed by atoms with Crippen LogP contribution < -0.4 is 15.9 Å². The molecule has 7 nitrogen and oxygen atoms in total. The van der Waals surface area contributed by atoms with Gasteiger partial charge in [-0.15, -0.1) is 0 Å². The zero-order valence-electron chi connectivity index (χ0n) is 21.2. The minimum Gasteiger partial charge on any atom is -0.497 e. The van der Waals surface area contributed by atoms with Crippen LogP contribution in [0.2, 0.25) is 0 Å². The molecule has 5 N–H and O–H groups in total. The number of methoxy groups -OCH3 is 2. The molecule has 0 bridgehead atoms. The predicted molar refractivity (Wildman–Crippen MR) is 140 cm³/mol. The average molecular weight is 478 g/mol. The smallest absolute Gasteiger partial charge is 0.206 e. The van der Waals surface area contributed by atoms with E-state index in [1.165, 1.54) is 5.56 Å². The summed E-state index contributed by atoms with van der Waals surface area (Å²) < 4.78 is 10.6. The van der Waals surface area contributed by atoms with Crippen molar-refractivity contribution in [2.75, 3.05) is 33.9 Å². The molecule has 2 aromatic carbocycles. The second-order valence-corrected chi connectivity index (χ2v) is 9.40. The van der Waals surface area contributed by atoms with Crippen LogP contribution in [0.1, 0.15) is 48.9 Å². The molecule has 1 heterocycles. The van der Waals surface area contributed by atoms with E-state index in [2.05, 4.69) is 28.9 Å². The number of hydrogen-bond acceptors (Lipinski definition) is 5. The van der Waals surface area contributed by atoms with E-state index < -0.39 is 5.60 Å². The number of aliphatic hydroxyl groups is 1. The molecule has 3 rings (SSSR count). The minimum atomic E-state index is -0.988. The Morgan fingerprint density at radius 2 is 1.83 bits per heavy atom. The maximum atomic E-state index is 9.76. The third-order valence-electron chi connectivity index (χ3n) is 5.90. The molecule has 0 amide bonds. The largest absolute Gasteiger partial charge is 0.497 e. The molecule has 1 fully saturated rings. The fourth-order valence-electron chi connectivity index (χ4n) is 4.03. The van der Waals surface area contributed by atoms with Crippen LogP contribution in [0.15, 0.2) is 47.5 Å². The van der Waals surface area contributed by atoms with Gasteiger partial charge in [-0.25, -0.2) is 0 Å². The zero-order valence-corrected chi connectivity index (χ0v) is 21.2. The van der Waals surface area contributed by atoms with Gasteiger partial charge in [-0.05, 0) is 62.6 Å². The molecular formula is C28H37N4O3+. The molecule has 0 atom stereocenters. The molecule has 186 valence electrons. The van der Waals surface area contributed by atoms with Gasteiger partial charge in [0.2, 0.25) is 5.71 Å². The normalized spacial score (nSPS) is 15.4. The highest BCUT2D eigenvalue weighted by atomic mass is 16.5. The van der Waals surface area contributed by atoms with Crippen LogP contribution in [0.4, 0.5) is 0 Å². The van der Waals surface area contributed by atoms with Crippen molar-refractivity contribution in [3.8, 4) is 17.6 Å². The second kappa shape index (κ2) is 12.0. The SMILES string of the molecule is COCC(=[NH2+])c1ccc(OC)cc1C(N)=NC1CCN(Cc2ccc(C#CC(C)(C)O)cc2)CC1. The number of hydrogen-bond donors (Lipinski definition) is 3. The fraction of sp³-hybridized carbons (Fsp3) is 0.429. The van der Waals surface area contributed by atoms with Crippen molar-refractivity contribution < 1.29 is 20.0 Å². The summed E-state index contributed by atoms with van der Waals surface area (Å²) in [5.41, 5.74) is 9.81. The highest BCUT2D eigenvalue weighted by Crippen LogP contribution is 2.21. The Labute approximate surface area is 208 Å². The maximum Gasteiger partial charge on any atom is 0.206 e. The van der Waals surface area contributed by atoms with Crippen LogP contribution in [0.3, 0.4) is 0 Å². The summed E-state index contributed by atoms with van der Waals surface area (Å²) in [4.78, 5) is 7.28. The van der Waals surface area contributed by atoms with Crippen molar-refractivity contribution >= 4 is 11.5 Å². The number of benzene rings is 2. The molecule has 1 aliphatic heterocycles. The quantitative estimate of drug-likeness (QED) is 0.303. The number of likely N-dealkylation sites (tertiary alicyclic amines) is 1. The molecule has 0 aliphatic carbocycles. The average Bonchev–Trinajstić information content (AvgIpc) is 2.84. The highest BCUT2D eigenvalue weighted by Gasteiger charge is 2.21. The van der Waals surface area contributed by atoms with E-state index in [0.29, 0.717) is 23.9 Å². The summed E-state index contributed by atoms with van der Waals surface area (Å²) in [6.45, 7) is 6.46. The first kappa shape index (κ1) is 26.4. The van der Waals surface area contributed by atoms with Crippen LogP contribution >= 0.6 is 0 Å². The molecule has 0 radical (unpaired) electrons. The Kier molecular flexibility index (Phi) is 9.05. The first-order chi connectivity index (χ1) is 16.7. The van der Waals surface area contributed by atoms with Crippen molar-refractivity contribution in [2.24, 2.45) is 10.7 Å². The highest BCUT2D eigenvalue weighted by molar-refractivity contribution is 6.10. The van der Waals surface area contributed by atoms with Crippen LogP contribution in [-0.2, 0) is 11.3 Å². The predicted octanol–water partition coefficient (Wildman–Crippen LogP) is 1.38. The van der Waals surface area contributed by atoms with Gasteiger partial charge in [-0.1, -0.05) is 24.0 Å². The lowest BCUT2D eigenvalue weighted by molar-refractivity contribution is -0.118. The Morgan fingerprint density at radius 1 is 1.14 bits per heavy atom. The van der Waals surface area contributed by atoms with Crippen LogP contribution in [0.25, 0.3) is 0 Å². The Bertz CT molecular complexity index is 1100. The van der Waals surface area contributed by atoms with Gasteiger partial charge in [0.1, 0.15) is 23.8 Å². The fourth-order valence-corrected chi connectivity index (χ4v) is 4.03. The topological polar surface area (TPSA) is 106 Å². The Hall–Kier alpha value is -3.18. The van der Waals surface area contributed by atoms with Crippen molar-refractivity contribution in [3.05, 3.63) is 64.7 Å². The van der Waals surface area contributed by atoms with Gasteiger partial charge in [0.05, 0.1) is 18.7 Å². The number of rotatable bonds is 8. The van der Waals surface area contributed by atoms with Crippen molar-refractivity contribution in [1.82, 2.24) is 4.90 Å². The molecule has 0 spiro atoms. The van der Waals surface area contributed by atoms with Crippen molar-refractivity contribution in [1.29, 1.82) is 0 Å². The molecule has 1 saturated heterocycles. The number of aliphatic imine (C=N–C) groups is 1. The summed E-state index contributed by atoms with van der Waals surface area (Å²) in [7, 11) is 3.24. The maximum absolute atomic E-state index is 9.76. The van der Waals surface area contributed by atoms with Gasteiger partial charge < -0.3 is 20.3 Å². The van der Waals surface area contributed by atoms with E-state index in [0.717, 1.165) is 49.2 Å². The molecule has 35 heavy (non-hydrogen) atoms. The molecule has 0 aromatic heterocycles. The van der Waals surface area contributed by atoms with Crippen molar-refractivity contribution in [3.63, 3.8) is 0 Å². The Morgan fingerprint density at radius 3 is 2.43 bits per heavy atom. The van der Waals surface area contributed by atoms with Crippen molar-refractivity contribution in [2.45, 2.75) is 44.9 Å². The molecule has 2 aromatic rings.